The molecule has 122 valence electrons. The van der Waals surface area contributed by atoms with Crippen molar-refractivity contribution in [2.75, 3.05) is 6.26 Å². The molecule has 0 bridgehead atoms. The van der Waals surface area contributed by atoms with E-state index in [0.717, 1.165) is 47.0 Å². The third-order valence-electron chi connectivity index (χ3n) is 4.45. The van der Waals surface area contributed by atoms with Gasteiger partial charge in [0.15, 0.2) is 0 Å². The number of thioether (sulfide) groups is 1. The van der Waals surface area contributed by atoms with Crippen molar-refractivity contribution in [1.82, 2.24) is 14.5 Å². The maximum absolute atomic E-state index is 10.3. The predicted molar refractivity (Wildman–Crippen MR) is 97.0 cm³/mol. The number of rotatable bonds is 3. The number of fused-ring (bicyclic) bond motifs is 1. The second-order valence-corrected chi connectivity index (χ2v) is 6.92. The van der Waals surface area contributed by atoms with Crippen molar-refractivity contribution >= 4 is 11.8 Å². The van der Waals surface area contributed by atoms with E-state index in [9.17, 15) is 5.11 Å². The van der Waals surface area contributed by atoms with Crippen LogP contribution in [0.25, 0.3) is 22.5 Å². The number of aliphatic hydroxyl groups excluding tert-OH is 1. The van der Waals surface area contributed by atoms with Gasteiger partial charge in [-0.1, -0.05) is 12.1 Å². The van der Waals surface area contributed by atoms with Gasteiger partial charge >= 0.3 is 0 Å². The Morgan fingerprint density at radius 3 is 2.67 bits per heavy atom. The molecule has 4 nitrogen and oxygen atoms in total. The second-order valence-electron chi connectivity index (χ2n) is 6.04. The number of aryl methyl sites for hydroxylation is 1. The van der Waals surface area contributed by atoms with Crippen molar-refractivity contribution in [3.8, 4) is 22.5 Å². The van der Waals surface area contributed by atoms with Gasteiger partial charge in [-0.25, -0.2) is 4.98 Å². The zero-order valence-corrected chi connectivity index (χ0v) is 14.5. The van der Waals surface area contributed by atoms with Gasteiger partial charge in [-0.15, -0.1) is 11.8 Å². The molecule has 1 aliphatic heterocycles. The molecule has 1 aromatic carbocycles. The van der Waals surface area contributed by atoms with Gasteiger partial charge in [0.25, 0.3) is 0 Å². The van der Waals surface area contributed by atoms with Crippen molar-refractivity contribution in [2.24, 2.45) is 0 Å². The topological polar surface area (TPSA) is 50.9 Å². The fourth-order valence-electron chi connectivity index (χ4n) is 3.27. The molecule has 5 heteroatoms. The van der Waals surface area contributed by atoms with E-state index >= 15 is 0 Å². The highest BCUT2D eigenvalue weighted by molar-refractivity contribution is 7.98. The molecule has 0 fully saturated rings. The predicted octanol–water partition coefficient (Wildman–Crippen LogP) is 4.08. The highest BCUT2D eigenvalue weighted by atomic mass is 32.2. The van der Waals surface area contributed by atoms with Gasteiger partial charge in [0.2, 0.25) is 0 Å². The Hall–Kier alpha value is -2.11. The van der Waals surface area contributed by atoms with Crippen LogP contribution in [0.4, 0.5) is 0 Å². The number of hydrogen-bond donors (Lipinski definition) is 1. The lowest BCUT2D eigenvalue weighted by Gasteiger charge is -2.09. The van der Waals surface area contributed by atoms with Crippen LogP contribution in [0.5, 0.6) is 0 Å². The lowest BCUT2D eigenvalue weighted by atomic mass is 10.0. The Morgan fingerprint density at radius 2 is 1.96 bits per heavy atom. The number of nitrogens with zero attached hydrogens (tertiary/aromatic N) is 3. The average molecular weight is 337 g/mol. The summed E-state index contributed by atoms with van der Waals surface area (Å²) >= 11 is 1.73. The Bertz CT molecular complexity index is 886. The molecule has 0 amide bonds. The molecule has 1 unspecified atom stereocenters. The maximum atomic E-state index is 10.3. The first-order valence-corrected chi connectivity index (χ1v) is 9.26. The van der Waals surface area contributed by atoms with E-state index in [1.165, 1.54) is 4.90 Å². The fourth-order valence-corrected chi connectivity index (χ4v) is 3.68. The highest BCUT2D eigenvalue weighted by Crippen LogP contribution is 2.39. The van der Waals surface area contributed by atoms with Gasteiger partial charge in [-0.05, 0) is 43.9 Å². The molecule has 3 heterocycles. The lowest BCUT2D eigenvalue weighted by molar-refractivity contribution is 0.176. The van der Waals surface area contributed by atoms with Gasteiger partial charge in [-0.3, -0.25) is 4.98 Å². The SMILES string of the molecule is CSc1ccc(-c2nc3n(c2-c2ccnc(C)c2)CCC3O)cc1. The second kappa shape index (κ2) is 6.07. The number of hydrogen-bond acceptors (Lipinski definition) is 4. The molecule has 1 aliphatic rings. The van der Waals surface area contributed by atoms with Crippen molar-refractivity contribution in [2.45, 2.75) is 30.9 Å². The van der Waals surface area contributed by atoms with Crippen LogP contribution >= 0.6 is 11.8 Å². The quantitative estimate of drug-likeness (QED) is 0.732. The third-order valence-corrected chi connectivity index (χ3v) is 5.20. The summed E-state index contributed by atoms with van der Waals surface area (Å²) in [5.41, 5.74) is 5.15. The molecule has 0 saturated carbocycles. The van der Waals surface area contributed by atoms with E-state index in [-0.39, 0.29) is 0 Å². The summed E-state index contributed by atoms with van der Waals surface area (Å²) in [6.07, 6.45) is 4.15. The van der Waals surface area contributed by atoms with Gasteiger partial charge in [0.1, 0.15) is 11.9 Å². The number of aromatic nitrogens is 3. The summed E-state index contributed by atoms with van der Waals surface area (Å²) in [5, 5.41) is 10.3. The molecule has 4 rings (SSSR count). The van der Waals surface area contributed by atoms with Crippen LogP contribution in [0.2, 0.25) is 0 Å². The summed E-state index contributed by atoms with van der Waals surface area (Å²) in [7, 11) is 0. The van der Waals surface area contributed by atoms with Gasteiger partial charge in [0, 0.05) is 34.5 Å². The van der Waals surface area contributed by atoms with E-state index < -0.39 is 6.10 Å². The monoisotopic (exact) mass is 337 g/mol. The van der Waals surface area contributed by atoms with Gasteiger partial charge in [0.05, 0.1) is 11.4 Å². The van der Waals surface area contributed by atoms with Crippen LogP contribution in [-0.2, 0) is 6.54 Å². The van der Waals surface area contributed by atoms with Crippen LogP contribution in [-0.4, -0.2) is 25.9 Å². The Kier molecular flexibility index (Phi) is 3.90. The van der Waals surface area contributed by atoms with Crippen LogP contribution in [0.1, 0.15) is 24.0 Å². The molecule has 24 heavy (non-hydrogen) atoms. The maximum Gasteiger partial charge on any atom is 0.138 e. The molecule has 3 aromatic rings. The molecule has 0 saturated heterocycles. The Balaban J connectivity index is 1.92. The smallest absolute Gasteiger partial charge is 0.138 e. The minimum atomic E-state index is -0.481. The zero-order chi connectivity index (χ0) is 16.7. The molecule has 1 atom stereocenters. The summed E-state index contributed by atoms with van der Waals surface area (Å²) in [6, 6.07) is 12.5. The van der Waals surface area contributed by atoms with Crippen molar-refractivity contribution in [3.63, 3.8) is 0 Å². The fraction of sp³-hybridized carbons (Fsp3) is 0.263. The minimum Gasteiger partial charge on any atom is -0.385 e. The van der Waals surface area contributed by atoms with Crippen molar-refractivity contribution < 1.29 is 5.11 Å². The first-order chi connectivity index (χ1) is 11.7. The normalized spacial score (nSPS) is 16.4. The van der Waals surface area contributed by atoms with Crippen molar-refractivity contribution in [3.05, 3.63) is 54.1 Å². The average Bonchev–Trinajstić information content (AvgIpc) is 3.15. The Labute approximate surface area is 145 Å². The summed E-state index contributed by atoms with van der Waals surface area (Å²) in [4.78, 5) is 10.3. The molecular weight excluding hydrogens is 318 g/mol. The first-order valence-electron chi connectivity index (χ1n) is 8.03. The first kappa shape index (κ1) is 15.4. The van der Waals surface area contributed by atoms with Crippen LogP contribution in [0.3, 0.4) is 0 Å². The standard InChI is InChI=1S/C19H19N3OS/c1-12-11-14(7-9-20-12)18-17(13-3-5-15(24-2)6-4-13)21-19-16(23)8-10-22(18)19/h3-7,9,11,16,23H,8,10H2,1-2H3. The molecule has 0 aliphatic carbocycles. The number of imidazole rings is 1. The summed E-state index contributed by atoms with van der Waals surface area (Å²) in [5.74, 6) is 0.767. The van der Waals surface area contributed by atoms with E-state index in [4.69, 9.17) is 4.98 Å². The largest absolute Gasteiger partial charge is 0.385 e. The van der Waals surface area contributed by atoms with Gasteiger partial charge < -0.3 is 9.67 Å². The van der Waals surface area contributed by atoms with E-state index in [0.29, 0.717) is 0 Å². The molecule has 0 radical (unpaired) electrons. The number of benzene rings is 1. The van der Waals surface area contributed by atoms with Gasteiger partial charge in [-0.2, -0.15) is 0 Å². The van der Waals surface area contributed by atoms with E-state index in [1.807, 2.05) is 19.2 Å². The third kappa shape index (κ3) is 2.54. The number of aliphatic hydroxyl groups is 1. The zero-order valence-electron chi connectivity index (χ0n) is 13.7. The molecular formula is C19H19N3OS. The highest BCUT2D eigenvalue weighted by Gasteiger charge is 2.29. The molecule has 1 N–H and O–H groups in total. The van der Waals surface area contributed by atoms with E-state index in [1.54, 1.807) is 11.8 Å². The summed E-state index contributed by atoms with van der Waals surface area (Å²) in [6.45, 7) is 2.79. The Morgan fingerprint density at radius 1 is 1.17 bits per heavy atom. The molecule has 0 spiro atoms. The van der Waals surface area contributed by atoms with E-state index in [2.05, 4.69) is 46.1 Å². The minimum absolute atomic E-state index is 0.481. The van der Waals surface area contributed by atoms with Crippen LogP contribution < -0.4 is 0 Å². The van der Waals surface area contributed by atoms with Crippen molar-refractivity contribution in [1.29, 1.82) is 0 Å². The number of pyridine rings is 1. The molecule has 2 aromatic heterocycles. The summed E-state index contributed by atoms with van der Waals surface area (Å²) < 4.78 is 2.15. The van der Waals surface area contributed by atoms with Crippen LogP contribution in [0, 0.1) is 6.92 Å². The lowest BCUT2D eigenvalue weighted by Crippen LogP contribution is -1.97. The van der Waals surface area contributed by atoms with Crippen LogP contribution in [0.15, 0.2) is 47.5 Å².